The van der Waals surface area contributed by atoms with Gasteiger partial charge in [0.05, 0.1) is 36.4 Å². The maximum absolute atomic E-state index is 13.3. The molecule has 1 N–H and O–H groups in total. The van der Waals surface area contributed by atoms with Gasteiger partial charge in [0.2, 0.25) is 0 Å². The number of nitrogens with zero attached hydrogens (tertiary/aromatic N) is 1. The SMILES string of the molecule is COCCCN1C(=O)C(=O)/C(=C(/O)c2cc(OC)c(Cl)cc2OC)C1c1ccc(OCc2ccccc2)cc1. The predicted molar refractivity (Wildman–Crippen MR) is 147 cm³/mol. The van der Waals surface area contributed by atoms with Crippen LogP contribution in [0.15, 0.2) is 72.3 Å². The van der Waals surface area contributed by atoms with Gasteiger partial charge in [-0.2, -0.15) is 0 Å². The normalized spacial score (nSPS) is 16.4. The van der Waals surface area contributed by atoms with Crippen LogP contribution in [0.3, 0.4) is 0 Å². The molecule has 4 rings (SSSR count). The zero-order valence-electron chi connectivity index (χ0n) is 22.0. The molecule has 1 amide bonds. The molecule has 3 aromatic carbocycles. The Balaban J connectivity index is 1.75. The number of benzene rings is 3. The third-order valence-electron chi connectivity index (χ3n) is 6.46. The molecule has 9 heteroatoms. The lowest BCUT2D eigenvalue weighted by molar-refractivity contribution is -0.140. The second-order valence-corrected chi connectivity index (χ2v) is 9.28. The Morgan fingerprint density at radius 3 is 2.28 bits per heavy atom. The number of hydrogen-bond donors (Lipinski definition) is 1. The number of Topliss-reactive ketones (excluding diaryl/α,β-unsaturated/α-hetero) is 1. The highest BCUT2D eigenvalue weighted by molar-refractivity contribution is 6.46. The van der Waals surface area contributed by atoms with Crippen molar-refractivity contribution < 1.29 is 33.6 Å². The lowest BCUT2D eigenvalue weighted by Gasteiger charge is -2.25. The maximum Gasteiger partial charge on any atom is 0.295 e. The first kappa shape index (κ1) is 28.0. The molecule has 1 aliphatic rings. The average Bonchev–Trinajstić information content (AvgIpc) is 3.21. The van der Waals surface area contributed by atoms with Crippen molar-refractivity contribution in [1.29, 1.82) is 0 Å². The Bertz CT molecular complexity index is 1360. The molecule has 1 saturated heterocycles. The van der Waals surface area contributed by atoms with Crippen molar-refractivity contribution in [2.45, 2.75) is 19.1 Å². The number of ether oxygens (including phenoxy) is 4. The molecule has 204 valence electrons. The fourth-order valence-corrected chi connectivity index (χ4v) is 4.75. The topological polar surface area (TPSA) is 94.5 Å². The summed E-state index contributed by atoms with van der Waals surface area (Å²) in [6.45, 7) is 1.06. The maximum atomic E-state index is 13.3. The van der Waals surface area contributed by atoms with Crippen LogP contribution in [0.25, 0.3) is 5.76 Å². The van der Waals surface area contributed by atoms with Crippen LogP contribution in [0, 0.1) is 0 Å². The van der Waals surface area contributed by atoms with E-state index in [1.807, 2.05) is 30.3 Å². The number of aliphatic hydroxyl groups excluding tert-OH is 1. The van der Waals surface area contributed by atoms with E-state index in [-0.39, 0.29) is 40.0 Å². The smallest absolute Gasteiger partial charge is 0.295 e. The number of ketones is 1. The molecule has 0 saturated carbocycles. The van der Waals surface area contributed by atoms with Gasteiger partial charge in [0, 0.05) is 26.3 Å². The van der Waals surface area contributed by atoms with Crippen molar-refractivity contribution in [3.05, 3.63) is 94.0 Å². The molecule has 1 fully saturated rings. The Morgan fingerprint density at radius 1 is 0.949 bits per heavy atom. The number of likely N-dealkylation sites (tertiary alicyclic amines) is 1. The highest BCUT2D eigenvalue weighted by Crippen LogP contribution is 2.43. The summed E-state index contributed by atoms with van der Waals surface area (Å²) in [6.07, 6.45) is 0.510. The molecule has 3 aromatic rings. The molecule has 0 aliphatic carbocycles. The standard InChI is InChI=1S/C30H30ClNO7/c1-36-15-7-14-32-27(20-10-12-21(13-11-20)39-18-19-8-5-4-6-9-19)26(29(34)30(32)35)28(33)22-16-25(38-3)23(31)17-24(22)37-2/h4-6,8-13,16-17,27,33H,7,14-15,18H2,1-3H3/b28-26+. The number of halogens is 1. The van der Waals surface area contributed by atoms with Crippen molar-refractivity contribution >= 4 is 29.1 Å². The summed E-state index contributed by atoms with van der Waals surface area (Å²) in [5, 5.41) is 11.7. The molecule has 1 atom stereocenters. The van der Waals surface area contributed by atoms with Crippen LogP contribution in [-0.4, -0.2) is 56.2 Å². The monoisotopic (exact) mass is 551 g/mol. The van der Waals surface area contributed by atoms with E-state index in [0.717, 1.165) is 5.56 Å². The fourth-order valence-electron chi connectivity index (χ4n) is 4.51. The van der Waals surface area contributed by atoms with Crippen LogP contribution < -0.4 is 14.2 Å². The first-order valence-electron chi connectivity index (χ1n) is 12.4. The second kappa shape index (κ2) is 12.7. The van der Waals surface area contributed by atoms with Crippen LogP contribution in [0.5, 0.6) is 17.2 Å². The fraction of sp³-hybridized carbons (Fsp3) is 0.267. The molecule has 0 bridgehead atoms. The number of methoxy groups -OCH3 is 3. The lowest BCUT2D eigenvalue weighted by atomic mass is 9.94. The van der Waals surface area contributed by atoms with Gasteiger partial charge in [0.15, 0.2) is 0 Å². The minimum absolute atomic E-state index is 0.0574. The Hall–Kier alpha value is -4.01. The molecular formula is C30H30ClNO7. The zero-order chi connectivity index (χ0) is 27.9. The molecule has 0 spiro atoms. The minimum Gasteiger partial charge on any atom is -0.507 e. The van der Waals surface area contributed by atoms with Crippen LogP contribution >= 0.6 is 11.6 Å². The number of amides is 1. The van der Waals surface area contributed by atoms with Gasteiger partial charge in [0.1, 0.15) is 29.6 Å². The van der Waals surface area contributed by atoms with Gasteiger partial charge in [0.25, 0.3) is 11.7 Å². The van der Waals surface area contributed by atoms with Crippen LogP contribution in [-0.2, 0) is 20.9 Å². The number of carbonyl (C=O) groups is 2. The first-order chi connectivity index (χ1) is 18.9. The van der Waals surface area contributed by atoms with Crippen LogP contribution in [0.4, 0.5) is 0 Å². The molecule has 1 heterocycles. The zero-order valence-corrected chi connectivity index (χ0v) is 22.7. The largest absolute Gasteiger partial charge is 0.507 e. The molecule has 0 aromatic heterocycles. The van der Waals surface area contributed by atoms with Crippen LogP contribution in [0.1, 0.15) is 29.2 Å². The van der Waals surface area contributed by atoms with Gasteiger partial charge in [-0.1, -0.05) is 54.1 Å². The van der Waals surface area contributed by atoms with Crippen molar-refractivity contribution in [3.63, 3.8) is 0 Å². The Labute approximate surface area is 232 Å². The average molecular weight is 552 g/mol. The molecule has 1 unspecified atom stereocenters. The molecule has 39 heavy (non-hydrogen) atoms. The summed E-state index contributed by atoms with van der Waals surface area (Å²) in [4.78, 5) is 28.0. The summed E-state index contributed by atoms with van der Waals surface area (Å²) in [5.41, 5.74) is 1.79. The minimum atomic E-state index is -0.837. The second-order valence-electron chi connectivity index (χ2n) is 8.87. The van der Waals surface area contributed by atoms with Gasteiger partial charge in [-0.25, -0.2) is 0 Å². The van der Waals surface area contributed by atoms with Gasteiger partial charge in [-0.05, 0) is 35.7 Å². The van der Waals surface area contributed by atoms with Crippen LogP contribution in [0.2, 0.25) is 5.02 Å². The number of aliphatic hydroxyl groups is 1. The van der Waals surface area contributed by atoms with E-state index in [0.29, 0.717) is 30.9 Å². The Kier molecular flexibility index (Phi) is 9.11. The van der Waals surface area contributed by atoms with E-state index in [9.17, 15) is 14.7 Å². The van der Waals surface area contributed by atoms with E-state index >= 15 is 0 Å². The van der Waals surface area contributed by atoms with E-state index in [2.05, 4.69) is 0 Å². The Morgan fingerprint density at radius 2 is 1.64 bits per heavy atom. The predicted octanol–water partition coefficient (Wildman–Crippen LogP) is 5.39. The van der Waals surface area contributed by atoms with Gasteiger partial charge in [-0.3, -0.25) is 9.59 Å². The summed E-state index contributed by atoms with van der Waals surface area (Å²) in [5.74, 6) is -0.749. The van der Waals surface area contributed by atoms with Crippen molar-refractivity contribution in [2.75, 3.05) is 34.5 Å². The molecule has 0 radical (unpaired) electrons. The third-order valence-corrected chi connectivity index (χ3v) is 6.76. The number of hydrogen-bond acceptors (Lipinski definition) is 7. The highest BCUT2D eigenvalue weighted by atomic mass is 35.5. The lowest BCUT2D eigenvalue weighted by Crippen LogP contribution is -2.31. The summed E-state index contributed by atoms with van der Waals surface area (Å²) < 4.78 is 21.8. The van der Waals surface area contributed by atoms with Crippen molar-refractivity contribution in [2.24, 2.45) is 0 Å². The van der Waals surface area contributed by atoms with E-state index in [1.165, 1.54) is 31.3 Å². The van der Waals surface area contributed by atoms with Gasteiger partial charge < -0.3 is 29.0 Å². The van der Waals surface area contributed by atoms with E-state index in [1.54, 1.807) is 31.4 Å². The van der Waals surface area contributed by atoms with E-state index < -0.39 is 17.7 Å². The first-order valence-corrected chi connectivity index (χ1v) is 12.7. The molecular weight excluding hydrogens is 522 g/mol. The van der Waals surface area contributed by atoms with Gasteiger partial charge >= 0.3 is 0 Å². The van der Waals surface area contributed by atoms with Gasteiger partial charge in [-0.15, -0.1) is 0 Å². The highest BCUT2D eigenvalue weighted by Gasteiger charge is 2.46. The van der Waals surface area contributed by atoms with Crippen molar-refractivity contribution in [3.8, 4) is 17.2 Å². The summed E-state index contributed by atoms with van der Waals surface area (Å²) in [7, 11) is 4.43. The summed E-state index contributed by atoms with van der Waals surface area (Å²) >= 11 is 6.24. The molecule has 1 aliphatic heterocycles. The molecule has 8 nitrogen and oxygen atoms in total. The number of carbonyl (C=O) groups excluding carboxylic acids is 2. The van der Waals surface area contributed by atoms with Crippen molar-refractivity contribution in [1.82, 2.24) is 4.90 Å². The third kappa shape index (κ3) is 6.02. The van der Waals surface area contributed by atoms with E-state index in [4.69, 9.17) is 30.5 Å². The number of rotatable bonds is 11. The summed E-state index contributed by atoms with van der Waals surface area (Å²) in [6, 6.07) is 19.0. The quantitative estimate of drug-likeness (QED) is 0.148.